The number of nitrogens with zero attached hydrogens (tertiary/aromatic N) is 2. The van der Waals surface area contributed by atoms with Crippen molar-refractivity contribution in [3.05, 3.63) is 5.15 Å². The summed E-state index contributed by atoms with van der Waals surface area (Å²) in [7, 11) is 1.75. The van der Waals surface area contributed by atoms with E-state index in [1.807, 2.05) is 0 Å². The molecule has 1 aliphatic carbocycles. The van der Waals surface area contributed by atoms with E-state index in [2.05, 4.69) is 15.3 Å². The van der Waals surface area contributed by atoms with Crippen molar-refractivity contribution in [2.24, 2.45) is 0 Å². The highest BCUT2D eigenvalue weighted by molar-refractivity contribution is 6.32. The van der Waals surface area contributed by atoms with Crippen LogP contribution in [0.5, 0.6) is 0 Å². The van der Waals surface area contributed by atoms with Crippen LogP contribution in [0.15, 0.2) is 0 Å². The van der Waals surface area contributed by atoms with Crippen molar-refractivity contribution < 1.29 is 4.74 Å². The zero-order chi connectivity index (χ0) is 13.1. The minimum Gasteiger partial charge on any atom is -0.393 e. The quantitative estimate of drug-likeness (QED) is 0.723. The van der Waals surface area contributed by atoms with Gasteiger partial charge in [0.25, 0.3) is 0 Å². The van der Waals surface area contributed by atoms with Crippen LogP contribution in [0.2, 0.25) is 5.15 Å². The van der Waals surface area contributed by atoms with E-state index in [-0.39, 0.29) is 11.1 Å². The minimum absolute atomic E-state index is 0.127. The molecule has 0 unspecified atom stereocenters. The molecule has 0 bridgehead atoms. The van der Waals surface area contributed by atoms with Crippen molar-refractivity contribution >= 4 is 29.1 Å². The first-order valence-electron chi connectivity index (χ1n) is 5.98. The zero-order valence-electron chi connectivity index (χ0n) is 10.3. The van der Waals surface area contributed by atoms with Crippen molar-refractivity contribution in [1.82, 2.24) is 9.97 Å². The van der Waals surface area contributed by atoms with Crippen molar-refractivity contribution in [3.63, 3.8) is 0 Å². The van der Waals surface area contributed by atoms with Crippen LogP contribution in [0.1, 0.15) is 25.7 Å². The third-order valence-electron chi connectivity index (χ3n) is 3.26. The Morgan fingerprint density at radius 2 is 1.89 bits per heavy atom. The number of anilines is 3. The standard InChI is InChI=1S/C11H18ClN5O/c1-18-7-4-2-6(3-5-7)15-10-8(13)9(12)16-11(14)17-10/h6-7H,2-5,13H2,1H3,(H3,14,15,16,17). The Kier molecular flexibility index (Phi) is 4.08. The van der Waals surface area contributed by atoms with Crippen molar-refractivity contribution in [1.29, 1.82) is 0 Å². The molecule has 1 aliphatic rings. The molecule has 0 radical (unpaired) electrons. The minimum atomic E-state index is 0.127. The predicted molar refractivity (Wildman–Crippen MR) is 72.5 cm³/mol. The molecule has 0 saturated heterocycles. The third-order valence-corrected chi connectivity index (χ3v) is 3.55. The molecule has 1 aromatic rings. The number of ether oxygens (including phenoxy) is 1. The average Bonchev–Trinajstić information content (AvgIpc) is 2.36. The molecule has 1 heterocycles. The Hall–Kier alpha value is -1.27. The van der Waals surface area contributed by atoms with E-state index in [1.54, 1.807) is 7.11 Å². The number of halogens is 1. The van der Waals surface area contributed by atoms with Crippen LogP contribution in [0, 0.1) is 0 Å². The van der Waals surface area contributed by atoms with Gasteiger partial charge in [-0.1, -0.05) is 11.6 Å². The van der Waals surface area contributed by atoms with Gasteiger partial charge in [0.1, 0.15) is 5.69 Å². The second-order valence-electron chi connectivity index (χ2n) is 4.49. The monoisotopic (exact) mass is 271 g/mol. The first kappa shape index (κ1) is 13.2. The Balaban J connectivity index is 2.02. The number of methoxy groups -OCH3 is 1. The molecular weight excluding hydrogens is 254 g/mol. The highest BCUT2D eigenvalue weighted by atomic mass is 35.5. The van der Waals surface area contributed by atoms with Gasteiger partial charge in [0.2, 0.25) is 5.95 Å². The molecule has 1 saturated carbocycles. The summed E-state index contributed by atoms with van der Waals surface area (Å²) in [5.74, 6) is 0.649. The fourth-order valence-electron chi connectivity index (χ4n) is 2.20. The van der Waals surface area contributed by atoms with Crippen LogP contribution in [0.3, 0.4) is 0 Å². The molecule has 0 atom stereocenters. The van der Waals surface area contributed by atoms with E-state index in [9.17, 15) is 0 Å². The van der Waals surface area contributed by atoms with Gasteiger partial charge in [-0.15, -0.1) is 0 Å². The summed E-state index contributed by atoms with van der Waals surface area (Å²) in [6.45, 7) is 0. The molecule has 5 N–H and O–H groups in total. The van der Waals surface area contributed by atoms with Gasteiger partial charge in [0.05, 0.1) is 6.10 Å². The van der Waals surface area contributed by atoms with E-state index in [4.69, 9.17) is 27.8 Å². The number of aromatic nitrogens is 2. The Bertz CT molecular complexity index is 420. The predicted octanol–water partition coefficient (Wildman–Crippen LogP) is 1.66. The molecule has 0 amide bonds. The summed E-state index contributed by atoms with van der Waals surface area (Å²) in [4.78, 5) is 7.88. The Labute approximate surface area is 111 Å². The number of hydrogen-bond acceptors (Lipinski definition) is 6. The van der Waals surface area contributed by atoms with Crippen LogP contribution in [0.25, 0.3) is 0 Å². The lowest BCUT2D eigenvalue weighted by atomic mass is 9.93. The van der Waals surface area contributed by atoms with Crippen molar-refractivity contribution in [3.8, 4) is 0 Å². The number of nitrogens with one attached hydrogen (secondary N) is 1. The Morgan fingerprint density at radius 1 is 1.22 bits per heavy atom. The summed E-state index contributed by atoms with van der Waals surface area (Å²) < 4.78 is 5.33. The highest BCUT2D eigenvalue weighted by Crippen LogP contribution is 2.28. The molecule has 1 aromatic heterocycles. The molecule has 2 rings (SSSR count). The number of hydrogen-bond donors (Lipinski definition) is 3. The van der Waals surface area contributed by atoms with Gasteiger partial charge >= 0.3 is 0 Å². The summed E-state index contributed by atoms with van der Waals surface area (Å²) in [5.41, 5.74) is 11.7. The largest absolute Gasteiger partial charge is 0.393 e. The van der Waals surface area contributed by atoms with Gasteiger partial charge < -0.3 is 21.5 Å². The molecule has 1 fully saturated rings. The lowest BCUT2D eigenvalue weighted by Gasteiger charge is -2.28. The molecule has 100 valence electrons. The smallest absolute Gasteiger partial charge is 0.223 e. The number of rotatable bonds is 3. The van der Waals surface area contributed by atoms with Gasteiger partial charge in [-0.25, -0.2) is 0 Å². The summed E-state index contributed by atoms with van der Waals surface area (Å²) in [6, 6.07) is 0.323. The van der Waals surface area contributed by atoms with E-state index >= 15 is 0 Å². The molecule has 18 heavy (non-hydrogen) atoms. The fraction of sp³-hybridized carbons (Fsp3) is 0.636. The highest BCUT2D eigenvalue weighted by Gasteiger charge is 2.22. The summed E-state index contributed by atoms with van der Waals surface area (Å²) in [5, 5.41) is 3.47. The maximum atomic E-state index is 5.87. The maximum absolute atomic E-state index is 5.87. The van der Waals surface area contributed by atoms with Crippen LogP contribution >= 0.6 is 11.6 Å². The maximum Gasteiger partial charge on any atom is 0.223 e. The van der Waals surface area contributed by atoms with E-state index in [0.717, 1.165) is 25.7 Å². The SMILES string of the molecule is COC1CCC(Nc2nc(N)nc(Cl)c2N)CC1. The second-order valence-corrected chi connectivity index (χ2v) is 4.85. The molecule has 7 heteroatoms. The lowest BCUT2D eigenvalue weighted by Crippen LogP contribution is -2.30. The molecule has 0 aliphatic heterocycles. The fourth-order valence-corrected chi connectivity index (χ4v) is 2.38. The first-order chi connectivity index (χ1) is 8.60. The van der Waals surface area contributed by atoms with Gasteiger partial charge in [-0.05, 0) is 25.7 Å². The van der Waals surface area contributed by atoms with Crippen molar-refractivity contribution in [2.75, 3.05) is 23.9 Å². The normalized spacial score (nSPS) is 23.9. The van der Waals surface area contributed by atoms with Crippen LogP contribution in [-0.2, 0) is 4.74 Å². The van der Waals surface area contributed by atoms with Gasteiger partial charge in [-0.2, -0.15) is 9.97 Å². The third kappa shape index (κ3) is 2.94. The van der Waals surface area contributed by atoms with Gasteiger partial charge in [0, 0.05) is 13.2 Å². The molecule has 0 spiro atoms. The molecule has 0 aromatic carbocycles. The van der Waals surface area contributed by atoms with Crippen LogP contribution in [0.4, 0.5) is 17.5 Å². The molecule has 6 nitrogen and oxygen atoms in total. The summed E-state index contributed by atoms with van der Waals surface area (Å²) in [6.07, 6.45) is 4.45. The van der Waals surface area contributed by atoms with Gasteiger partial charge in [0.15, 0.2) is 11.0 Å². The molecular formula is C11H18ClN5O. The van der Waals surface area contributed by atoms with E-state index in [0.29, 0.717) is 23.7 Å². The first-order valence-corrected chi connectivity index (χ1v) is 6.35. The lowest BCUT2D eigenvalue weighted by molar-refractivity contribution is 0.0681. The van der Waals surface area contributed by atoms with Crippen LogP contribution in [-0.4, -0.2) is 29.2 Å². The Morgan fingerprint density at radius 3 is 2.50 bits per heavy atom. The van der Waals surface area contributed by atoms with E-state index < -0.39 is 0 Å². The van der Waals surface area contributed by atoms with E-state index in [1.165, 1.54) is 0 Å². The van der Waals surface area contributed by atoms with Crippen molar-refractivity contribution in [2.45, 2.75) is 37.8 Å². The topological polar surface area (TPSA) is 99.1 Å². The number of nitrogen functional groups attached to an aromatic ring is 2. The number of nitrogens with two attached hydrogens (primary N) is 2. The summed E-state index contributed by atoms with van der Waals surface area (Å²) >= 11 is 5.87. The van der Waals surface area contributed by atoms with Gasteiger partial charge in [-0.3, -0.25) is 0 Å². The van der Waals surface area contributed by atoms with Crippen LogP contribution < -0.4 is 16.8 Å². The average molecular weight is 272 g/mol. The second kappa shape index (κ2) is 5.58. The zero-order valence-corrected chi connectivity index (χ0v) is 11.1.